The van der Waals surface area contributed by atoms with Crippen molar-refractivity contribution in [1.29, 1.82) is 0 Å². The van der Waals surface area contributed by atoms with Crippen LogP contribution in [0.3, 0.4) is 0 Å². The Morgan fingerprint density at radius 1 is 0.512 bits per heavy atom. The van der Waals surface area contributed by atoms with E-state index < -0.39 is 23.7 Å². The van der Waals surface area contributed by atoms with Crippen LogP contribution >= 0.6 is 0 Å². The third kappa shape index (κ3) is 3.29. The highest BCUT2D eigenvalue weighted by Gasteiger charge is 2.53. The first-order chi connectivity index (χ1) is 19.8. The van der Waals surface area contributed by atoms with Crippen molar-refractivity contribution >= 4 is 12.6 Å². The zero-order valence-corrected chi connectivity index (χ0v) is 23.8. The van der Waals surface area contributed by atoms with Crippen LogP contribution in [0.5, 0.6) is 11.5 Å². The van der Waals surface area contributed by atoms with Gasteiger partial charge in [-0.3, -0.25) is 0 Å². The Bertz CT molecular complexity index is 1790. The Labute approximate surface area is 241 Å². The van der Waals surface area contributed by atoms with Crippen molar-refractivity contribution in [3.8, 4) is 33.8 Å². The standard InChI is InChI=1S/C37H31BO3/c1-35(2)36(3,4)41-38(40-35)25-14-11-13-24(23-25)26-17-12-21-32-34(26)39-33-22-10-9-20-31(33)37(32)29-18-7-5-15-27(29)28-16-6-8-19-30(28)37/h5-23H,1-4H3. The Hall–Kier alpha value is -4.12. The molecular formula is C37H31BO3. The van der Waals surface area contributed by atoms with Gasteiger partial charge in [-0.15, -0.1) is 0 Å². The van der Waals surface area contributed by atoms with Gasteiger partial charge in [0.2, 0.25) is 0 Å². The summed E-state index contributed by atoms with van der Waals surface area (Å²) in [6.45, 7) is 8.36. The van der Waals surface area contributed by atoms with E-state index in [1.165, 1.54) is 27.8 Å². The molecule has 4 heteroatoms. The zero-order chi connectivity index (χ0) is 28.0. The maximum atomic E-state index is 6.85. The summed E-state index contributed by atoms with van der Waals surface area (Å²) in [4.78, 5) is 0. The molecule has 0 radical (unpaired) electrons. The zero-order valence-electron chi connectivity index (χ0n) is 23.8. The molecule has 3 aliphatic rings. The van der Waals surface area contributed by atoms with Gasteiger partial charge in [0.25, 0.3) is 0 Å². The second-order valence-corrected chi connectivity index (χ2v) is 12.3. The molecule has 0 amide bonds. The van der Waals surface area contributed by atoms with E-state index in [1.54, 1.807) is 0 Å². The van der Waals surface area contributed by atoms with Gasteiger partial charge in [-0.05, 0) is 67.0 Å². The summed E-state index contributed by atoms with van der Waals surface area (Å²) in [7, 11) is -0.430. The van der Waals surface area contributed by atoms with E-state index in [0.717, 1.165) is 33.7 Å². The van der Waals surface area contributed by atoms with Crippen LogP contribution in [0.15, 0.2) is 115 Å². The number of benzene rings is 5. The fraction of sp³-hybridized carbons (Fsp3) is 0.189. The fourth-order valence-electron chi connectivity index (χ4n) is 6.94. The van der Waals surface area contributed by atoms with E-state index in [0.29, 0.717) is 0 Å². The molecule has 1 saturated heterocycles. The van der Waals surface area contributed by atoms with Crippen LogP contribution in [0.1, 0.15) is 49.9 Å². The van der Waals surface area contributed by atoms with Gasteiger partial charge in [0.05, 0.1) is 16.6 Å². The highest BCUT2D eigenvalue weighted by Crippen LogP contribution is 2.63. The average Bonchev–Trinajstić information content (AvgIpc) is 3.40. The van der Waals surface area contributed by atoms with Gasteiger partial charge < -0.3 is 14.0 Å². The lowest BCUT2D eigenvalue weighted by molar-refractivity contribution is 0.00578. The molecule has 0 bridgehead atoms. The molecule has 1 spiro atoms. The minimum atomic E-state index is -0.475. The molecule has 41 heavy (non-hydrogen) atoms. The van der Waals surface area contributed by atoms with E-state index in [9.17, 15) is 0 Å². The Morgan fingerprint density at radius 2 is 1.05 bits per heavy atom. The first-order valence-electron chi connectivity index (χ1n) is 14.4. The van der Waals surface area contributed by atoms with Gasteiger partial charge in [-0.1, -0.05) is 109 Å². The lowest BCUT2D eigenvalue weighted by atomic mass is 9.65. The molecule has 2 aliphatic heterocycles. The van der Waals surface area contributed by atoms with Gasteiger partial charge in [-0.25, -0.2) is 0 Å². The SMILES string of the molecule is CC1(C)OB(c2cccc(-c3cccc4c3Oc3ccccc3C43c4ccccc4-c4ccccc43)c2)OC1(C)C. The molecule has 5 aromatic carbocycles. The normalized spacial score (nSPS) is 18.3. The topological polar surface area (TPSA) is 27.7 Å². The molecule has 0 unspecified atom stereocenters. The van der Waals surface area contributed by atoms with Gasteiger partial charge in [0.1, 0.15) is 11.5 Å². The van der Waals surface area contributed by atoms with Crippen molar-refractivity contribution < 1.29 is 14.0 Å². The first kappa shape index (κ1) is 24.7. The van der Waals surface area contributed by atoms with Crippen LogP contribution in [-0.4, -0.2) is 18.3 Å². The Kier molecular flexibility index (Phi) is 5.08. The molecule has 0 saturated carbocycles. The number of rotatable bonds is 2. The van der Waals surface area contributed by atoms with Gasteiger partial charge in [0, 0.05) is 16.7 Å². The first-order valence-corrected chi connectivity index (χ1v) is 14.4. The van der Waals surface area contributed by atoms with E-state index in [4.69, 9.17) is 14.0 Å². The van der Waals surface area contributed by atoms with Crippen molar-refractivity contribution in [3.63, 3.8) is 0 Å². The van der Waals surface area contributed by atoms with E-state index in [2.05, 4.69) is 143 Å². The average molecular weight is 534 g/mol. The summed E-state index contributed by atoms with van der Waals surface area (Å²) < 4.78 is 19.7. The third-order valence-electron chi connectivity index (χ3n) is 9.60. The van der Waals surface area contributed by atoms with Crippen LogP contribution in [0.25, 0.3) is 22.3 Å². The summed E-state index contributed by atoms with van der Waals surface area (Å²) >= 11 is 0. The second kappa shape index (κ2) is 8.45. The minimum absolute atomic E-state index is 0.401. The van der Waals surface area contributed by atoms with Crippen molar-refractivity contribution in [3.05, 3.63) is 138 Å². The number of fused-ring (bicyclic) bond motifs is 9. The van der Waals surface area contributed by atoms with Crippen molar-refractivity contribution in [1.82, 2.24) is 0 Å². The molecule has 3 nitrogen and oxygen atoms in total. The maximum Gasteiger partial charge on any atom is 0.494 e. The molecular weight excluding hydrogens is 503 g/mol. The quantitative estimate of drug-likeness (QED) is 0.210. The summed E-state index contributed by atoms with van der Waals surface area (Å²) in [5, 5.41) is 0. The molecule has 0 N–H and O–H groups in total. The summed E-state index contributed by atoms with van der Waals surface area (Å²) in [6, 6.07) is 41.2. The lowest BCUT2D eigenvalue weighted by Gasteiger charge is -2.40. The van der Waals surface area contributed by atoms with Gasteiger partial charge in [0.15, 0.2) is 0 Å². The second-order valence-electron chi connectivity index (χ2n) is 12.3. The third-order valence-corrected chi connectivity index (χ3v) is 9.60. The molecule has 8 rings (SSSR count). The summed E-state index contributed by atoms with van der Waals surface area (Å²) in [6.07, 6.45) is 0. The summed E-state index contributed by atoms with van der Waals surface area (Å²) in [5.41, 5.74) is 9.32. The molecule has 2 heterocycles. The number of hydrogen-bond acceptors (Lipinski definition) is 3. The largest absolute Gasteiger partial charge is 0.494 e. The van der Waals surface area contributed by atoms with Crippen LogP contribution < -0.4 is 10.2 Å². The van der Waals surface area contributed by atoms with E-state index in [-0.39, 0.29) is 0 Å². The van der Waals surface area contributed by atoms with Gasteiger partial charge >= 0.3 is 7.12 Å². The summed E-state index contributed by atoms with van der Waals surface area (Å²) in [5.74, 6) is 1.78. The molecule has 1 aliphatic carbocycles. The van der Waals surface area contributed by atoms with E-state index >= 15 is 0 Å². The van der Waals surface area contributed by atoms with Crippen LogP contribution in [0.2, 0.25) is 0 Å². The maximum absolute atomic E-state index is 6.85. The van der Waals surface area contributed by atoms with Crippen LogP contribution in [0.4, 0.5) is 0 Å². The Balaban J connectivity index is 1.36. The molecule has 5 aromatic rings. The van der Waals surface area contributed by atoms with Gasteiger partial charge in [-0.2, -0.15) is 0 Å². The highest BCUT2D eigenvalue weighted by molar-refractivity contribution is 6.62. The Morgan fingerprint density at radius 3 is 1.73 bits per heavy atom. The van der Waals surface area contributed by atoms with Crippen molar-refractivity contribution in [2.45, 2.75) is 44.3 Å². The van der Waals surface area contributed by atoms with Crippen LogP contribution in [0, 0.1) is 0 Å². The predicted molar refractivity (Wildman–Crippen MR) is 165 cm³/mol. The number of hydrogen-bond donors (Lipinski definition) is 0. The smallest absolute Gasteiger partial charge is 0.456 e. The van der Waals surface area contributed by atoms with E-state index in [1.807, 2.05) is 0 Å². The number of para-hydroxylation sites is 2. The minimum Gasteiger partial charge on any atom is -0.456 e. The predicted octanol–water partition coefficient (Wildman–Crippen LogP) is 8.12. The van der Waals surface area contributed by atoms with Crippen LogP contribution in [-0.2, 0) is 14.7 Å². The number of ether oxygens (including phenoxy) is 1. The molecule has 200 valence electrons. The lowest BCUT2D eigenvalue weighted by Crippen LogP contribution is -2.41. The molecule has 0 aromatic heterocycles. The monoisotopic (exact) mass is 534 g/mol. The van der Waals surface area contributed by atoms with Crippen molar-refractivity contribution in [2.24, 2.45) is 0 Å². The fourth-order valence-corrected chi connectivity index (χ4v) is 6.94. The molecule has 0 atom stereocenters. The highest BCUT2D eigenvalue weighted by atomic mass is 16.7. The molecule has 1 fully saturated rings. The van der Waals surface area contributed by atoms with Crippen molar-refractivity contribution in [2.75, 3.05) is 0 Å².